The van der Waals surface area contributed by atoms with Crippen LogP contribution in [0.4, 0.5) is 5.13 Å². The van der Waals surface area contributed by atoms with Crippen LogP contribution in [0, 0.1) is 5.92 Å². The molecule has 20 heavy (non-hydrogen) atoms. The zero-order valence-electron chi connectivity index (χ0n) is 11.0. The standard InChI is InChI=1S/C11H14N4O3S2/c1-7(2)5-10-13-14-11(19-10)15-20(17,18)8-3-4-9(16)12-6-8/h3-4,6-7H,5H2,1-2H3,(H,12,16)(H,14,15). The van der Waals surface area contributed by atoms with Gasteiger partial charge >= 0.3 is 0 Å². The third-order valence-corrected chi connectivity index (χ3v) is 4.66. The van der Waals surface area contributed by atoms with Gasteiger partial charge in [-0.2, -0.15) is 0 Å². The van der Waals surface area contributed by atoms with Gasteiger partial charge in [0.15, 0.2) is 0 Å². The highest BCUT2D eigenvalue weighted by Crippen LogP contribution is 2.21. The molecule has 9 heteroatoms. The number of rotatable bonds is 5. The van der Waals surface area contributed by atoms with Gasteiger partial charge in [0.05, 0.1) is 0 Å². The third kappa shape index (κ3) is 3.64. The first kappa shape index (κ1) is 14.7. The summed E-state index contributed by atoms with van der Waals surface area (Å²) < 4.78 is 26.4. The van der Waals surface area contributed by atoms with Crippen molar-refractivity contribution < 1.29 is 8.42 Å². The highest BCUT2D eigenvalue weighted by molar-refractivity contribution is 7.93. The molecule has 0 saturated heterocycles. The summed E-state index contributed by atoms with van der Waals surface area (Å²) in [6.45, 7) is 4.09. The molecule has 0 amide bonds. The SMILES string of the molecule is CC(C)Cc1nnc(NS(=O)(=O)c2ccc(=O)[nH]c2)s1. The van der Waals surface area contributed by atoms with Gasteiger partial charge in [-0.1, -0.05) is 25.2 Å². The van der Waals surface area contributed by atoms with Crippen molar-refractivity contribution in [1.82, 2.24) is 15.2 Å². The predicted octanol–water partition coefficient (Wildman–Crippen LogP) is 1.23. The van der Waals surface area contributed by atoms with Crippen molar-refractivity contribution in [3.8, 4) is 0 Å². The largest absolute Gasteiger partial charge is 0.328 e. The zero-order valence-corrected chi connectivity index (χ0v) is 12.6. The molecule has 0 spiro atoms. The monoisotopic (exact) mass is 314 g/mol. The number of aromatic amines is 1. The van der Waals surface area contributed by atoms with Crippen LogP contribution in [0.5, 0.6) is 0 Å². The fraction of sp³-hybridized carbons (Fsp3) is 0.364. The molecule has 108 valence electrons. The number of anilines is 1. The van der Waals surface area contributed by atoms with Crippen molar-refractivity contribution in [2.45, 2.75) is 25.2 Å². The number of hydrogen-bond donors (Lipinski definition) is 2. The second-order valence-corrected chi connectivity index (χ2v) is 7.34. The Morgan fingerprint density at radius 3 is 2.70 bits per heavy atom. The van der Waals surface area contributed by atoms with E-state index < -0.39 is 10.0 Å². The summed E-state index contributed by atoms with van der Waals surface area (Å²) >= 11 is 1.20. The molecular weight excluding hydrogens is 300 g/mol. The second kappa shape index (κ2) is 5.71. The quantitative estimate of drug-likeness (QED) is 0.863. The minimum Gasteiger partial charge on any atom is -0.328 e. The normalized spacial score (nSPS) is 11.8. The number of nitrogens with one attached hydrogen (secondary N) is 2. The van der Waals surface area contributed by atoms with Gasteiger partial charge in [-0.25, -0.2) is 8.42 Å². The van der Waals surface area contributed by atoms with E-state index in [2.05, 4.69) is 19.9 Å². The van der Waals surface area contributed by atoms with Crippen molar-refractivity contribution in [2.24, 2.45) is 5.92 Å². The molecule has 0 unspecified atom stereocenters. The van der Waals surface area contributed by atoms with E-state index in [9.17, 15) is 13.2 Å². The van der Waals surface area contributed by atoms with Crippen LogP contribution in [0.15, 0.2) is 28.0 Å². The predicted molar refractivity (Wildman–Crippen MR) is 76.3 cm³/mol. The molecule has 2 aromatic heterocycles. The van der Waals surface area contributed by atoms with Crippen LogP contribution in [0.2, 0.25) is 0 Å². The highest BCUT2D eigenvalue weighted by atomic mass is 32.2. The molecule has 0 aliphatic rings. The number of H-pyrrole nitrogens is 1. The summed E-state index contributed by atoms with van der Waals surface area (Å²) in [6.07, 6.45) is 1.89. The van der Waals surface area contributed by atoms with E-state index in [1.54, 1.807) is 0 Å². The average Bonchev–Trinajstić information content (AvgIpc) is 2.75. The molecule has 0 atom stereocenters. The van der Waals surface area contributed by atoms with E-state index in [1.165, 1.54) is 17.4 Å². The maximum atomic E-state index is 12.1. The molecule has 0 bridgehead atoms. The Bertz CT molecular complexity index is 729. The Balaban J connectivity index is 2.18. The molecule has 0 aromatic carbocycles. The van der Waals surface area contributed by atoms with Crippen LogP contribution in [0.1, 0.15) is 18.9 Å². The van der Waals surface area contributed by atoms with Crippen LogP contribution >= 0.6 is 11.3 Å². The number of hydrogen-bond acceptors (Lipinski definition) is 6. The van der Waals surface area contributed by atoms with Gasteiger partial charge in [0.1, 0.15) is 9.90 Å². The van der Waals surface area contributed by atoms with Crippen molar-refractivity contribution in [3.63, 3.8) is 0 Å². The number of pyridine rings is 1. The summed E-state index contributed by atoms with van der Waals surface area (Å²) in [5.74, 6) is 0.423. The topological polar surface area (TPSA) is 105 Å². The molecule has 0 radical (unpaired) electrons. The Morgan fingerprint density at radius 2 is 2.10 bits per heavy atom. The van der Waals surface area contributed by atoms with Crippen LogP contribution < -0.4 is 10.3 Å². The second-order valence-electron chi connectivity index (χ2n) is 4.59. The van der Waals surface area contributed by atoms with Gasteiger partial charge in [0.25, 0.3) is 10.0 Å². The lowest BCUT2D eigenvalue weighted by Crippen LogP contribution is -2.15. The van der Waals surface area contributed by atoms with Crippen molar-refractivity contribution >= 4 is 26.5 Å². The molecule has 0 aliphatic heterocycles. The van der Waals surface area contributed by atoms with Crippen molar-refractivity contribution in [2.75, 3.05) is 4.72 Å². The van der Waals surface area contributed by atoms with Gasteiger partial charge < -0.3 is 4.98 Å². The fourth-order valence-electron chi connectivity index (χ4n) is 1.46. The van der Waals surface area contributed by atoms with Crippen molar-refractivity contribution in [1.29, 1.82) is 0 Å². The number of sulfonamides is 1. The lowest BCUT2D eigenvalue weighted by Gasteiger charge is -2.03. The van der Waals surface area contributed by atoms with E-state index in [0.29, 0.717) is 5.92 Å². The van der Waals surface area contributed by atoms with Gasteiger partial charge in [0.2, 0.25) is 10.7 Å². The van der Waals surface area contributed by atoms with E-state index in [-0.39, 0.29) is 15.6 Å². The first-order valence-corrected chi connectivity index (χ1v) is 8.21. The van der Waals surface area contributed by atoms with Gasteiger partial charge in [-0.05, 0) is 12.0 Å². The fourth-order valence-corrected chi connectivity index (χ4v) is 3.61. The minimum atomic E-state index is -3.76. The van der Waals surface area contributed by atoms with Crippen molar-refractivity contribution in [3.05, 3.63) is 33.7 Å². The van der Waals surface area contributed by atoms with E-state index >= 15 is 0 Å². The summed E-state index contributed by atoms with van der Waals surface area (Å²) in [6, 6.07) is 2.39. The summed E-state index contributed by atoms with van der Waals surface area (Å²) in [7, 11) is -3.76. The molecule has 0 aliphatic carbocycles. The maximum absolute atomic E-state index is 12.1. The molecule has 2 rings (SSSR count). The summed E-state index contributed by atoms with van der Waals surface area (Å²) in [4.78, 5) is 13.2. The Morgan fingerprint density at radius 1 is 1.35 bits per heavy atom. The first-order valence-electron chi connectivity index (χ1n) is 5.91. The molecule has 0 fully saturated rings. The molecule has 2 N–H and O–H groups in total. The molecular formula is C11H14N4O3S2. The lowest BCUT2D eigenvalue weighted by atomic mass is 10.1. The third-order valence-electron chi connectivity index (χ3n) is 2.34. The Hall–Kier alpha value is -1.74. The van der Waals surface area contributed by atoms with E-state index in [4.69, 9.17) is 0 Å². The van der Waals surface area contributed by atoms with E-state index in [1.807, 2.05) is 13.8 Å². The number of nitrogens with zero attached hydrogens (tertiary/aromatic N) is 2. The number of aromatic nitrogens is 3. The first-order chi connectivity index (χ1) is 9.37. The Kier molecular flexibility index (Phi) is 4.19. The van der Waals surface area contributed by atoms with E-state index in [0.717, 1.165) is 23.7 Å². The lowest BCUT2D eigenvalue weighted by molar-refractivity contribution is 0.600. The summed E-state index contributed by atoms with van der Waals surface area (Å²) in [5, 5.41) is 8.73. The molecule has 0 saturated carbocycles. The van der Waals surface area contributed by atoms with Gasteiger partial charge in [0, 0.05) is 18.7 Å². The van der Waals surface area contributed by atoms with Crippen LogP contribution in [0.3, 0.4) is 0 Å². The van der Waals surface area contributed by atoms with Gasteiger partial charge in [-0.3, -0.25) is 9.52 Å². The maximum Gasteiger partial charge on any atom is 0.265 e. The Labute approximate surface area is 120 Å². The molecule has 2 aromatic rings. The van der Waals surface area contributed by atoms with Crippen LogP contribution in [0.25, 0.3) is 0 Å². The van der Waals surface area contributed by atoms with Crippen LogP contribution in [-0.2, 0) is 16.4 Å². The smallest absolute Gasteiger partial charge is 0.265 e. The molecule has 7 nitrogen and oxygen atoms in total. The summed E-state index contributed by atoms with van der Waals surface area (Å²) in [5.41, 5.74) is -0.362. The zero-order chi connectivity index (χ0) is 14.8. The minimum absolute atomic E-state index is 0.0299. The molecule has 2 heterocycles. The van der Waals surface area contributed by atoms with Crippen LogP contribution in [-0.4, -0.2) is 23.6 Å². The van der Waals surface area contributed by atoms with Gasteiger partial charge in [-0.15, -0.1) is 10.2 Å². The highest BCUT2D eigenvalue weighted by Gasteiger charge is 2.17. The average molecular weight is 314 g/mol.